The van der Waals surface area contributed by atoms with Crippen molar-refractivity contribution in [3.63, 3.8) is 0 Å². The number of ether oxygens (including phenoxy) is 1. The van der Waals surface area contributed by atoms with Crippen molar-refractivity contribution in [2.75, 3.05) is 7.11 Å². The van der Waals surface area contributed by atoms with Crippen molar-refractivity contribution in [3.05, 3.63) is 35.9 Å². The Bertz CT molecular complexity index is 316. The lowest BCUT2D eigenvalue weighted by Gasteiger charge is -2.28. The summed E-state index contributed by atoms with van der Waals surface area (Å²) in [6.07, 6.45) is 6.21. The summed E-state index contributed by atoms with van der Waals surface area (Å²) in [5.74, 6) is 0.724. The Hall–Kier alpha value is -0.820. The summed E-state index contributed by atoms with van der Waals surface area (Å²) in [6.45, 7) is 6.65. The number of unbranched alkanes of at least 4 members (excludes halogenated alkanes) is 1. The van der Waals surface area contributed by atoms with Gasteiger partial charge in [0.15, 0.2) is 0 Å². The van der Waals surface area contributed by atoms with Crippen molar-refractivity contribution in [2.45, 2.75) is 58.5 Å². The van der Waals surface area contributed by atoms with Crippen molar-refractivity contribution >= 4 is 0 Å². The molecule has 0 aliphatic rings. The molecule has 18 heavy (non-hydrogen) atoms. The first kappa shape index (κ1) is 15.2. The maximum Gasteiger partial charge on any atom is 0.0625 e. The van der Waals surface area contributed by atoms with Crippen molar-refractivity contribution < 1.29 is 4.74 Å². The van der Waals surface area contributed by atoms with Crippen LogP contribution >= 0.6 is 0 Å². The van der Waals surface area contributed by atoms with Gasteiger partial charge in [-0.25, -0.2) is 0 Å². The van der Waals surface area contributed by atoms with Gasteiger partial charge in [-0.05, 0) is 38.2 Å². The third kappa shape index (κ3) is 5.68. The van der Waals surface area contributed by atoms with E-state index in [-0.39, 0.29) is 5.60 Å². The third-order valence-corrected chi connectivity index (χ3v) is 3.67. The van der Waals surface area contributed by atoms with Crippen LogP contribution in [0.1, 0.15) is 52.0 Å². The summed E-state index contributed by atoms with van der Waals surface area (Å²) < 4.78 is 5.59. The normalized spacial score (nSPS) is 13.6. The predicted molar refractivity (Wildman–Crippen MR) is 78.9 cm³/mol. The van der Waals surface area contributed by atoms with Crippen LogP contribution in [0.4, 0.5) is 0 Å². The predicted octanol–water partition coefficient (Wildman–Crippen LogP) is 4.85. The van der Waals surface area contributed by atoms with Crippen LogP contribution in [0.25, 0.3) is 0 Å². The van der Waals surface area contributed by atoms with Crippen molar-refractivity contribution in [1.29, 1.82) is 0 Å². The largest absolute Gasteiger partial charge is 0.379 e. The van der Waals surface area contributed by atoms with E-state index in [1.807, 2.05) is 7.11 Å². The molecule has 0 aliphatic heterocycles. The minimum Gasteiger partial charge on any atom is -0.379 e. The third-order valence-electron chi connectivity index (χ3n) is 3.67. The summed E-state index contributed by atoms with van der Waals surface area (Å²) in [6, 6.07) is 10.8. The topological polar surface area (TPSA) is 9.23 Å². The highest BCUT2D eigenvalue weighted by Crippen LogP contribution is 2.26. The molecule has 1 aromatic rings. The van der Waals surface area contributed by atoms with Crippen LogP contribution < -0.4 is 0 Å². The van der Waals surface area contributed by atoms with Gasteiger partial charge in [0.2, 0.25) is 0 Å². The van der Waals surface area contributed by atoms with E-state index < -0.39 is 0 Å². The molecule has 0 aliphatic carbocycles. The summed E-state index contributed by atoms with van der Waals surface area (Å²) in [4.78, 5) is 0. The lowest BCUT2D eigenvalue weighted by Crippen LogP contribution is -2.27. The fraction of sp³-hybridized carbons (Fsp3) is 0.647. The number of methoxy groups -OCH3 is 1. The minimum absolute atomic E-state index is 0.00676. The lowest BCUT2D eigenvalue weighted by atomic mass is 9.85. The van der Waals surface area contributed by atoms with Crippen LogP contribution in [-0.2, 0) is 11.2 Å². The van der Waals surface area contributed by atoms with E-state index in [1.165, 1.54) is 31.2 Å². The lowest BCUT2D eigenvalue weighted by molar-refractivity contribution is 0.000775. The molecule has 0 saturated heterocycles. The maximum absolute atomic E-state index is 5.59. The minimum atomic E-state index is -0.00676. The zero-order valence-corrected chi connectivity index (χ0v) is 12.4. The fourth-order valence-corrected chi connectivity index (χ4v) is 2.50. The summed E-state index contributed by atoms with van der Waals surface area (Å²) >= 11 is 0. The molecule has 1 nitrogen and oxygen atoms in total. The van der Waals surface area contributed by atoms with E-state index in [9.17, 15) is 0 Å². The Balaban J connectivity index is 2.60. The van der Waals surface area contributed by atoms with E-state index in [0.717, 1.165) is 12.3 Å². The summed E-state index contributed by atoms with van der Waals surface area (Å²) in [5, 5.41) is 0. The molecule has 1 heteroatoms. The van der Waals surface area contributed by atoms with E-state index in [2.05, 4.69) is 51.1 Å². The standard InChI is InChI=1S/C17H28O/c1-5-6-10-16(14-17(2,3)18-4)13-15-11-8-7-9-12-15/h7-9,11-12,16H,5-6,10,13-14H2,1-4H3/t16-/m0/s1. The number of rotatable bonds is 8. The van der Waals surface area contributed by atoms with Gasteiger partial charge in [-0.15, -0.1) is 0 Å². The second kappa shape index (κ2) is 7.58. The van der Waals surface area contributed by atoms with Gasteiger partial charge in [-0.1, -0.05) is 56.5 Å². The Morgan fingerprint density at radius 3 is 2.39 bits per heavy atom. The molecule has 0 aromatic heterocycles. The molecule has 0 unspecified atom stereocenters. The zero-order valence-electron chi connectivity index (χ0n) is 12.4. The first-order chi connectivity index (χ1) is 8.57. The van der Waals surface area contributed by atoms with Gasteiger partial charge in [0.05, 0.1) is 5.60 Å². The van der Waals surface area contributed by atoms with Crippen LogP contribution in [0.15, 0.2) is 30.3 Å². The smallest absolute Gasteiger partial charge is 0.0625 e. The first-order valence-corrected chi connectivity index (χ1v) is 7.16. The van der Waals surface area contributed by atoms with E-state index >= 15 is 0 Å². The molecule has 1 rings (SSSR count). The molecule has 0 N–H and O–H groups in total. The van der Waals surface area contributed by atoms with Crippen LogP contribution in [-0.4, -0.2) is 12.7 Å². The Kier molecular flexibility index (Phi) is 6.42. The SMILES string of the molecule is CCCC[C@@H](Cc1ccccc1)CC(C)(C)OC. The molecule has 102 valence electrons. The second-order valence-corrected chi connectivity index (χ2v) is 5.87. The van der Waals surface area contributed by atoms with Gasteiger partial charge in [0.1, 0.15) is 0 Å². The quantitative estimate of drug-likeness (QED) is 0.639. The fourth-order valence-electron chi connectivity index (χ4n) is 2.50. The molecule has 0 bridgehead atoms. The van der Waals surface area contributed by atoms with Gasteiger partial charge in [0.25, 0.3) is 0 Å². The molecule has 0 amide bonds. The number of hydrogen-bond acceptors (Lipinski definition) is 1. The molecule has 0 radical (unpaired) electrons. The molecular weight excluding hydrogens is 220 g/mol. The highest BCUT2D eigenvalue weighted by Gasteiger charge is 2.22. The number of hydrogen-bond donors (Lipinski definition) is 0. The van der Waals surface area contributed by atoms with Gasteiger partial charge < -0.3 is 4.74 Å². The highest BCUT2D eigenvalue weighted by atomic mass is 16.5. The Labute approximate surface area is 113 Å². The van der Waals surface area contributed by atoms with E-state index in [1.54, 1.807) is 0 Å². The Morgan fingerprint density at radius 1 is 1.17 bits per heavy atom. The Morgan fingerprint density at radius 2 is 1.83 bits per heavy atom. The number of benzene rings is 1. The highest BCUT2D eigenvalue weighted by molar-refractivity contribution is 5.15. The van der Waals surface area contributed by atoms with Crippen molar-refractivity contribution in [2.24, 2.45) is 5.92 Å². The van der Waals surface area contributed by atoms with Gasteiger partial charge in [0, 0.05) is 7.11 Å². The monoisotopic (exact) mass is 248 g/mol. The molecule has 0 fully saturated rings. The maximum atomic E-state index is 5.59. The van der Waals surface area contributed by atoms with Crippen LogP contribution in [0.2, 0.25) is 0 Å². The molecular formula is C17H28O. The molecule has 0 heterocycles. The summed E-state index contributed by atoms with van der Waals surface area (Å²) in [5.41, 5.74) is 1.44. The van der Waals surface area contributed by atoms with E-state index in [4.69, 9.17) is 4.74 Å². The van der Waals surface area contributed by atoms with Crippen LogP contribution in [0, 0.1) is 5.92 Å². The van der Waals surface area contributed by atoms with Crippen molar-refractivity contribution in [3.8, 4) is 0 Å². The van der Waals surface area contributed by atoms with Crippen LogP contribution in [0.3, 0.4) is 0 Å². The van der Waals surface area contributed by atoms with Gasteiger partial charge in [-0.2, -0.15) is 0 Å². The second-order valence-electron chi connectivity index (χ2n) is 5.87. The van der Waals surface area contributed by atoms with Crippen molar-refractivity contribution in [1.82, 2.24) is 0 Å². The van der Waals surface area contributed by atoms with Gasteiger partial charge in [-0.3, -0.25) is 0 Å². The molecule has 1 aromatic carbocycles. The summed E-state index contributed by atoms with van der Waals surface area (Å²) in [7, 11) is 1.82. The zero-order chi connectivity index (χ0) is 13.4. The molecule has 0 spiro atoms. The van der Waals surface area contributed by atoms with Gasteiger partial charge >= 0.3 is 0 Å². The average Bonchev–Trinajstić information content (AvgIpc) is 2.37. The van der Waals surface area contributed by atoms with Crippen LogP contribution in [0.5, 0.6) is 0 Å². The first-order valence-electron chi connectivity index (χ1n) is 7.16. The molecule has 0 saturated carbocycles. The molecule has 1 atom stereocenters. The average molecular weight is 248 g/mol. The van der Waals surface area contributed by atoms with E-state index in [0.29, 0.717) is 0 Å².